The maximum absolute atomic E-state index is 13.8. The molecule has 2 aromatic carbocycles. The average Bonchev–Trinajstić information content (AvgIpc) is 2.91. The van der Waals surface area contributed by atoms with Crippen LogP contribution in [0.4, 0.5) is 0 Å². The molecule has 0 spiro atoms. The first-order valence-corrected chi connectivity index (χ1v) is 12.7. The van der Waals surface area contributed by atoms with Gasteiger partial charge in [0.15, 0.2) is 17.3 Å². The first-order chi connectivity index (χ1) is 17.8. The van der Waals surface area contributed by atoms with Crippen LogP contribution in [0.2, 0.25) is 0 Å². The van der Waals surface area contributed by atoms with Crippen LogP contribution in [0, 0.1) is 5.92 Å². The Labute approximate surface area is 218 Å². The standard InChI is InChI=1S/C30H35NO6/c1-7-17(2)37-30(33)27-18(3)31-23-14-21(19-8-11-22(34-4)12-9-19)15-24(32)29(23)28(27)20-10-13-25(35-5)26(16-20)36-6/h8-13,16-17,21,27-28H,7,14-15H2,1-6H3. The molecule has 4 unspecified atom stereocenters. The highest BCUT2D eigenvalue weighted by Crippen LogP contribution is 2.48. The Balaban J connectivity index is 1.79. The Kier molecular flexibility index (Phi) is 8.00. The molecule has 0 amide bonds. The number of benzene rings is 2. The molecule has 4 rings (SSSR count). The van der Waals surface area contributed by atoms with E-state index < -0.39 is 11.8 Å². The van der Waals surface area contributed by atoms with Gasteiger partial charge < -0.3 is 18.9 Å². The number of carbonyl (C=O) groups excluding carboxylic acids is 2. The summed E-state index contributed by atoms with van der Waals surface area (Å²) in [6, 6.07) is 13.4. The molecule has 2 aromatic rings. The Hall–Kier alpha value is -3.61. The number of rotatable bonds is 8. The zero-order chi connectivity index (χ0) is 26.7. The molecule has 196 valence electrons. The fourth-order valence-corrected chi connectivity index (χ4v) is 5.24. The molecule has 1 aliphatic heterocycles. The van der Waals surface area contributed by atoms with Crippen LogP contribution < -0.4 is 14.2 Å². The number of aliphatic imine (C=N–C) groups is 1. The van der Waals surface area contributed by atoms with Crippen molar-refractivity contribution in [1.82, 2.24) is 0 Å². The van der Waals surface area contributed by atoms with Gasteiger partial charge in [-0.2, -0.15) is 0 Å². The van der Waals surface area contributed by atoms with Crippen molar-refractivity contribution < 1.29 is 28.5 Å². The molecular formula is C30H35NO6. The number of esters is 1. The minimum atomic E-state index is -0.702. The summed E-state index contributed by atoms with van der Waals surface area (Å²) in [5.74, 6) is 0.300. The number of ketones is 1. The molecule has 0 saturated heterocycles. The van der Waals surface area contributed by atoms with Gasteiger partial charge in [0.05, 0.1) is 27.4 Å². The second kappa shape index (κ2) is 11.2. The summed E-state index contributed by atoms with van der Waals surface area (Å²) in [4.78, 5) is 32.1. The van der Waals surface area contributed by atoms with Crippen molar-refractivity contribution in [1.29, 1.82) is 0 Å². The molecule has 1 aliphatic carbocycles. The molecule has 0 saturated carbocycles. The number of carbonyl (C=O) groups is 2. The van der Waals surface area contributed by atoms with Crippen LogP contribution in [0.1, 0.15) is 63.0 Å². The van der Waals surface area contributed by atoms with Gasteiger partial charge in [-0.3, -0.25) is 14.6 Å². The zero-order valence-electron chi connectivity index (χ0n) is 22.4. The predicted molar refractivity (Wildman–Crippen MR) is 142 cm³/mol. The summed E-state index contributed by atoms with van der Waals surface area (Å²) in [6.07, 6.45) is 1.42. The molecule has 1 heterocycles. The van der Waals surface area contributed by atoms with E-state index in [9.17, 15) is 9.59 Å². The van der Waals surface area contributed by atoms with E-state index in [-0.39, 0.29) is 23.8 Å². The molecular weight excluding hydrogens is 470 g/mol. The molecule has 2 aliphatic rings. The van der Waals surface area contributed by atoms with Crippen molar-refractivity contribution in [3.8, 4) is 17.2 Å². The topological polar surface area (TPSA) is 83.4 Å². The van der Waals surface area contributed by atoms with Gasteiger partial charge in [-0.1, -0.05) is 25.1 Å². The van der Waals surface area contributed by atoms with Gasteiger partial charge in [0, 0.05) is 29.3 Å². The quantitative estimate of drug-likeness (QED) is 0.433. The average molecular weight is 506 g/mol. The van der Waals surface area contributed by atoms with Crippen LogP contribution in [0.3, 0.4) is 0 Å². The van der Waals surface area contributed by atoms with Crippen LogP contribution in [0.15, 0.2) is 58.7 Å². The minimum absolute atomic E-state index is 0.000516. The van der Waals surface area contributed by atoms with E-state index >= 15 is 0 Å². The first-order valence-electron chi connectivity index (χ1n) is 12.7. The Morgan fingerprint density at radius 3 is 2.27 bits per heavy atom. The highest BCUT2D eigenvalue weighted by molar-refractivity contribution is 6.09. The van der Waals surface area contributed by atoms with Crippen LogP contribution in [0.25, 0.3) is 0 Å². The predicted octanol–water partition coefficient (Wildman–Crippen LogP) is 5.63. The third-order valence-electron chi connectivity index (χ3n) is 7.39. The molecule has 0 aromatic heterocycles. The van der Waals surface area contributed by atoms with Crippen LogP contribution in [0.5, 0.6) is 17.2 Å². The molecule has 0 N–H and O–H groups in total. The van der Waals surface area contributed by atoms with Gasteiger partial charge >= 0.3 is 5.97 Å². The van der Waals surface area contributed by atoms with Crippen molar-refractivity contribution >= 4 is 17.5 Å². The lowest BCUT2D eigenvalue weighted by Crippen LogP contribution is -2.39. The number of Topliss-reactive ketones (excluding diaryl/α,β-unsaturated/α-hetero) is 1. The number of methoxy groups -OCH3 is 3. The van der Waals surface area contributed by atoms with Crippen LogP contribution >= 0.6 is 0 Å². The van der Waals surface area contributed by atoms with E-state index in [4.69, 9.17) is 23.9 Å². The lowest BCUT2D eigenvalue weighted by atomic mass is 9.69. The number of ether oxygens (including phenoxy) is 4. The van der Waals surface area contributed by atoms with Crippen molar-refractivity contribution in [2.75, 3.05) is 21.3 Å². The SMILES string of the molecule is CCC(C)OC(=O)C1C(C)=NC2=C(C(=O)CC(c3ccc(OC)cc3)C2)C1c1ccc(OC)c(OC)c1. The lowest BCUT2D eigenvalue weighted by Gasteiger charge is -2.37. The summed E-state index contributed by atoms with van der Waals surface area (Å²) in [5.41, 5.74) is 3.84. The van der Waals surface area contributed by atoms with Gasteiger partial charge in [-0.15, -0.1) is 0 Å². The van der Waals surface area contributed by atoms with Gasteiger partial charge in [0.2, 0.25) is 0 Å². The maximum atomic E-state index is 13.8. The van der Waals surface area contributed by atoms with E-state index in [0.29, 0.717) is 42.0 Å². The third-order valence-corrected chi connectivity index (χ3v) is 7.39. The smallest absolute Gasteiger partial charge is 0.315 e. The molecule has 37 heavy (non-hydrogen) atoms. The Morgan fingerprint density at radius 2 is 1.65 bits per heavy atom. The third kappa shape index (κ3) is 5.26. The number of hydrogen-bond acceptors (Lipinski definition) is 7. The van der Waals surface area contributed by atoms with E-state index in [0.717, 1.165) is 22.6 Å². The summed E-state index contributed by atoms with van der Waals surface area (Å²) in [7, 11) is 4.78. The monoisotopic (exact) mass is 505 g/mol. The first kappa shape index (κ1) is 26.5. The van der Waals surface area contributed by atoms with E-state index in [1.54, 1.807) is 27.4 Å². The highest BCUT2D eigenvalue weighted by Gasteiger charge is 2.45. The second-order valence-corrected chi connectivity index (χ2v) is 9.64. The van der Waals surface area contributed by atoms with Crippen molar-refractivity contribution in [2.24, 2.45) is 10.9 Å². The Bertz CT molecular complexity index is 1230. The Morgan fingerprint density at radius 1 is 0.973 bits per heavy atom. The summed E-state index contributed by atoms with van der Waals surface area (Å²) >= 11 is 0. The minimum Gasteiger partial charge on any atom is -0.497 e. The molecule has 4 atom stereocenters. The molecule has 0 fully saturated rings. The number of allylic oxidation sites excluding steroid dienone is 2. The second-order valence-electron chi connectivity index (χ2n) is 9.64. The van der Waals surface area contributed by atoms with E-state index in [2.05, 4.69) is 0 Å². The number of hydrogen-bond donors (Lipinski definition) is 0. The summed E-state index contributed by atoms with van der Waals surface area (Å²) in [6.45, 7) is 5.69. The fourth-order valence-electron chi connectivity index (χ4n) is 5.24. The summed E-state index contributed by atoms with van der Waals surface area (Å²) < 4.78 is 22.0. The van der Waals surface area contributed by atoms with Crippen LogP contribution in [-0.2, 0) is 14.3 Å². The van der Waals surface area contributed by atoms with E-state index in [1.165, 1.54) is 0 Å². The van der Waals surface area contributed by atoms with Crippen molar-refractivity contribution in [3.05, 3.63) is 64.9 Å². The van der Waals surface area contributed by atoms with Gasteiger partial charge in [0.1, 0.15) is 11.7 Å². The zero-order valence-corrected chi connectivity index (χ0v) is 22.4. The van der Waals surface area contributed by atoms with Gasteiger partial charge in [0.25, 0.3) is 0 Å². The van der Waals surface area contributed by atoms with Gasteiger partial charge in [-0.05, 0) is 68.0 Å². The van der Waals surface area contributed by atoms with Crippen molar-refractivity contribution in [2.45, 2.75) is 58.0 Å². The summed E-state index contributed by atoms with van der Waals surface area (Å²) in [5, 5.41) is 0. The molecule has 7 heteroatoms. The maximum Gasteiger partial charge on any atom is 0.315 e. The molecule has 0 radical (unpaired) electrons. The van der Waals surface area contributed by atoms with Crippen molar-refractivity contribution in [3.63, 3.8) is 0 Å². The molecule has 0 bridgehead atoms. The molecule has 7 nitrogen and oxygen atoms in total. The van der Waals surface area contributed by atoms with E-state index in [1.807, 2.05) is 57.2 Å². The van der Waals surface area contributed by atoms with Crippen LogP contribution in [-0.4, -0.2) is 44.9 Å². The largest absolute Gasteiger partial charge is 0.497 e. The fraction of sp³-hybridized carbons (Fsp3) is 0.433. The lowest BCUT2D eigenvalue weighted by molar-refractivity contribution is -0.151. The van der Waals surface area contributed by atoms with Gasteiger partial charge in [-0.25, -0.2) is 0 Å². The highest BCUT2D eigenvalue weighted by atomic mass is 16.5. The normalized spacial score (nSPS) is 22.1. The number of nitrogens with zero attached hydrogens (tertiary/aromatic N) is 1.